The molecule has 1 aliphatic rings. The van der Waals surface area contributed by atoms with E-state index in [9.17, 15) is 27.9 Å². The first-order chi connectivity index (χ1) is 15.9. The average molecular weight is 500 g/mol. The molecule has 8 nitrogen and oxygen atoms in total. The van der Waals surface area contributed by atoms with Crippen molar-refractivity contribution in [1.82, 2.24) is 15.2 Å². The van der Waals surface area contributed by atoms with Gasteiger partial charge in [0.1, 0.15) is 6.04 Å². The lowest BCUT2D eigenvalue weighted by molar-refractivity contribution is -0.192. The maximum absolute atomic E-state index is 12.4. The summed E-state index contributed by atoms with van der Waals surface area (Å²) in [4.78, 5) is 39.3. The number of nitrogens with one attached hydrogen (secondary N) is 1. The normalized spacial score (nSPS) is 16.5. The number of thiol groups is 1. The largest absolute Gasteiger partial charge is 0.490 e. The molecule has 2 heterocycles. The third kappa shape index (κ3) is 8.03. The van der Waals surface area contributed by atoms with Crippen LogP contribution in [0.4, 0.5) is 13.2 Å². The highest BCUT2D eigenvalue weighted by Gasteiger charge is 2.43. The summed E-state index contributed by atoms with van der Waals surface area (Å²) >= 11 is 4.70. The summed E-state index contributed by atoms with van der Waals surface area (Å²) in [5.41, 5.74) is 1.56. The van der Waals surface area contributed by atoms with E-state index in [0.29, 0.717) is 18.4 Å². The van der Waals surface area contributed by atoms with Gasteiger partial charge in [0.25, 0.3) is 5.91 Å². The second-order valence-corrected chi connectivity index (χ2v) is 8.55. The molecule has 3 N–H and O–H groups in total. The molecule has 1 saturated heterocycles. The predicted octanol–water partition coefficient (Wildman–Crippen LogP) is 2.86. The number of aliphatic carboxylic acids is 2. The molecule has 1 aromatic carbocycles. The zero-order valence-electron chi connectivity index (χ0n) is 17.9. The van der Waals surface area contributed by atoms with Gasteiger partial charge in [0, 0.05) is 23.7 Å². The van der Waals surface area contributed by atoms with Gasteiger partial charge in [-0.2, -0.15) is 25.8 Å². The predicted molar refractivity (Wildman–Crippen MR) is 119 cm³/mol. The first-order valence-corrected chi connectivity index (χ1v) is 10.6. The number of hydrogen-bond acceptors (Lipinski definition) is 6. The highest BCUT2D eigenvalue weighted by Crippen LogP contribution is 2.33. The number of alkyl halides is 3. The Kier molecular flexibility index (Phi) is 9.45. The number of piperidine rings is 1. The summed E-state index contributed by atoms with van der Waals surface area (Å²) in [6, 6.07) is 12.4. The van der Waals surface area contributed by atoms with E-state index in [0.717, 1.165) is 19.6 Å². The molecule has 12 heteroatoms. The lowest BCUT2D eigenvalue weighted by Crippen LogP contribution is -2.58. The monoisotopic (exact) mass is 499 g/mol. The highest BCUT2D eigenvalue weighted by atomic mass is 32.1. The Balaban J connectivity index is 0.000000509. The number of carboxylic acids is 2. The van der Waals surface area contributed by atoms with Gasteiger partial charge < -0.3 is 15.5 Å². The quantitative estimate of drug-likeness (QED) is 0.451. The molecule has 1 aromatic heterocycles. The molecule has 0 radical (unpaired) electrons. The van der Waals surface area contributed by atoms with E-state index in [-0.39, 0.29) is 0 Å². The molecule has 0 aliphatic carbocycles. The SMILES string of the molecule is O=C(NC(C(=O)O)C1(S)CCN(Cc2ccccc2)CC1)c1cccnc1.O=C(O)C(F)(F)F. The van der Waals surface area contributed by atoms with E-state index in [1.54, 1.807) is 18.3 Å². The summed E-state index contributed by atoms with van der Waals surface area (Å²) in [6.45, 7) is 2.28. The van der Waals surface area contributed by atoms with Crippen molar-refractivity contribution >= 4 is 30.5 Å². The summed E-state index contributed by atoms with van der Waals surface area (Å²) in [7, 11) is 0. The van der Waals surface area contributed by atoms with Crippen molar-refractivity contribution in [1.29, 1.82) is 0 Å². The van der Waals surface area contributed by atoms with Crippen molar-refractivity contribution in [3.8, 4) is 0 Å². The van der Waals surface area contributed by atoms with Gasteiger partial charge in [-0.1, -0.05) is 30.3 Å². The molecular weight excluding hydrogens is 475 g/mol. The Morgan fingerprint density at radius 2 is 1.68 bits per heavy atom. The highest BCUT2D eigenvalue weighted by molar-refractivity contribution is 7.82. The van der Waals surface area contributed by atoms with Crippen LogP contribution in [0.5, 0.6) is 0 Å². The third-order valence-electron chi connectivity index (χ3n) is 5.20. The van der Waals surface area contributed by atoms with Gasteiger partial charge in [-0.15, -0.1) is 0 Å². The maximum atomic E-state index is 12.4. The fourth-order valence-electron chi connectivity index (χ4n) is 3.37. The van der Waals surface area contributed by atoms with E-state index in [1.807, 2.05) is 18.2 Å². The minimum atomic E-state index is -5.08. The van der Waals surface area contributed by atoms with Gasteiger partial charge in [-0.3, -0.25) is 14.7 Å². The maximum Gasteiger partial charge on any atom is 0.490 e. The lowest BCUT2D eigenvalue weighted by Gasteiger charge is -2.42. The van der Waals surface area contributed by atoms with Crippen molar-refractivity contribution in [3.05, 3.63) is 66.0 Å². The minimum absolute atomic E-state index is 0.335. The van der Waals surface area contributed by atoms with Crippen LogP contribution in [0, 0.1) is 0 Å². The van der Waals surface area contributed by atoms with Crippen LogP contribution in [0.15, 0.2) is 54.9 Å². The van der Waals surface area contributed by atoms with Gasteiger partial charge in [0.15, 0.2) is 0 Å². The second-order valence-electron chi connectivity index (χ2n) is 7.65. The van der Waals surface area contributed by atoms with E-state index in [4.69, 9.17) is 22.5 Å². The first-order valence-electron chi connectivity index (χ1n) is 10.1. The number of likely N-dealkylation sites (tertiary alicyclic amines) is 1. The van der Waals surface area contributed by atoms with Crippen LogP contribution in [0.3, 0.4) is 0 Å². The van der Waals surface area contributed by atoms with E-state index < -0.39 is 34.8 Å². The van der Waals surface area contributed by atoms with Crippen LogP contribution in [-0.4, -0.2) is 68.0 Å². The number of carbonyl (C=O) groups is 3. The Labute approximate surface area is 199 Å². The number of benzene rings is 1. The van der Waals surface area contributed by atoms with Crippen LogP contribution in [0.25, 0.3) is 0 Å². The van der Waals surface area contributed by atoms with Gasteiger partial charge in [-0.05, 0) is 43.6 Å². The summed E-state index contributed by atoms with van der Waals surface area (Å²) in [6.07, 6.45) is -0.948. The van der Waals surface area contributed by atoms with Crippen molar-refractivity contribution in [2.75, 3.05) is 13.1 Å². The molecule has 0 bridgehead atoms. The molecule has 0 spiro atoms. The van der Waals surface area contributed by atoms with E-state index in [1.165, 1.54) is 11.8 Å². The van der Waals surface area contributed by atoms with Crippen LogP contribution >= 0.6 is 12.6 Å². The molecule has 1 atom stereocenters. The van der Waals surface area contributed by atoms with Crippen molar-refractivity contribution in [2.24, 2.45) is 0 Å². The van der Waals surface area contributed by atoms with Crippen LogP contribution < -0.4 is 5.32 Å². The number of aromatic nitrogens is 1. The first kappa shape index (κ1) is 27.1. The van der Waals surface area contributed by atoms with E-state index >= 15 is 0 Å². The third-order valence-corrected chi connectivity index (χ3v) is 5.90. The number of carboxylic acid groups (broad SMARTS) is 2. The van der Waals surface area contributed by atoms with Crippen LogP contribution in [-0.2, 0) is 16.1 Å². The minimum Gasteiger partial charge on any atom is -0.480 e. The number of rotatable bonds is 6. The Morgan fingerprint density at radius 1 is 1.09 bits per heavy atom. The number of amides is 1. The number of carbonyl (C=O) groups excluding carboxylic acids is 1. The summed E-state index contributed by atoms with van der Waals surface area (Å²) in [5.74, 6) is -4.28. The molecule has 1 unspecified atom stereocenters. The molecule has 1 amide bonds. The molecule has 34 heavy (non-hydrogen) atoms. The van der Waals surface area contributed by atoms with Crippen molar-refractivity contribution in [3.63, 3.8) is 0 Å². The Morgan fingerprint density at radius 3 is 2.15 bits per heavy atom. The molecule has 1 fully saturated rings. The lowest BCUT2D eigenvalue weighted by atomic mass is 9.87. The Bertz CT molecular complexity index is 969. The van der Waals surface area contributed by atoms with Crippen LogP contribution in [0.2, 0.25) is 0 Å². The number of nitrogens with zero attached hydrogens (tertiary/aromatic N) is 2. The second kappa shape index (κ2) is 11.8. The molecule has 184 valence electrons. The van der Waals surface area contributed by atoms with E-state index in [2.05, 4.69) is 27.3 Å². The molecular formula is C22H24F3N3O5S. The van der Waals surface area contributed by atoms with Crippen molar-refractivity contribution < 1.29 is 37.8 Å². The van der Waals surface area contributed by atoms with Gasteiger partial charge in [0.05, 0.1) is 5.56 Å². The molecule has 2 aromatic rings. The van der Waals surface area contributed by atoms with Crippen LogP contribution in [0.1, 0.15) is 28.8 Å². The zero-order chi connectivity index (χ0) is 25.4. The zero-order valence-corrected chi connectivity index (χ0v) is 18.8. The smallest absolute Gasteiger partial charge is 0.480 e. The number of pyridine rings is 1. The van der Waals surface area contributed by atoms with Gasteiger partial charge in [-0.25, -0.2) is 9.59 Å². The summed E-state index contributed by atoms with van der Waals surface area (Å²) < 4.78 is 30.9. The van der Waals surface area contributed by atoms with Crippen molar-refractivity contribution in [2.45, 2.75) is 36.4 Å². The molecule has 0 saturated carbocycles. The molecule has 1 aliphatic heterocycles. The van der Waals surface area contributed by atoms with Gasteiger partial charge in [0.2, 0.25) is 0 Å². The average Bonchev–Trinajstić information content (AvgIpc) is 2.80. The molecule has 3 rings (SSSR count). The fraction of sp³-hybridized carbons (Fsp3) is 0.364. The fourth-order valence-corrected chi connectivity index (χ4v) is 3.74. The number of halogens is 3. The summed E-state index contributed by atoms with van der Waals surface area (Å²) in [5, 5.41) is 19.5. The topological polar surface area (TPSA) is 120 Å². The standard InChI is InChI=1S/C20H23N3O3S.C2HF3O2/c24-18(16-7-4-10-21-13-16)22-17(19(25)26)20(27)8-11-23(12-9-20)14-15-5-2-1-3-6-15;3-2(4,5)1(6)7/h1-7,10,13,17,27H,8-9,11-12,14H2,(H,22,24)(H,25,26);(H,6,7). The number of hydrogen-bond donors (Lipinski definition) is 4. The van der Waals surface area contributed by atoms with Gasteiger partial charge >= 0.3 is 18.1 Å². The Hall–Kier alpha value is -3.12.